The molecule has 2 heterocycles. The fraction of sp³-hybridized carbons (Fsp3) is 0.179. The molecule has 0 aliphatic carbocycles. The highest BCUT2D eigenvalue weighted by molar-refractivity contribution is 7.98. The molecule has 0 unspecified atom stereocenters. The van der Waals surface area contributed by atoms with Crippen LogP contribution in [0.15, 0.2) is 70.6 Å². The number of aryl methyl sites for hydroxylation is 4. The van der Waals surface area contributed by atoms with E-state index in [1.807, 2.05) is 66.9 Å². The maximum atomic E-state index is 14.1. The summed E-state index contributed by atoms with van der Waals surface area (Å²) >= 11 is 14.7. The third-order valence-corrected chi connectivity index (χ3v) is 8.80. The smallest absolute Gasteiger partial charge is 0.275 e. The van der Waals surface area contributed by atoms with Gasteiger partial charge in [0.1, 0.15) is 4.70 Å². The zero-order valence-corrected chi connectivity index (χ0v) is 23.5. The third-order valence-electron chi connectivity index (χ3n) is 6.18. The van der Waals surface area contributed by atoms with E-state index in [0.29, 0.717) is 30.2 Å². The van der Waals surface area contributed by atoms with Crippen molar-refractivity contribution in [2.75, 3.05) is 0 Å². The van der Waals surface area contributed by atoms with Gasteiger partial charge in [-0.2, -0.15) is 0 Å². The van der Waals surface area contributed by atoms with Crippen LogP contribution in [0.2, 0.25) is 5.02 Å². The van der Waals surface area contributed by atoms with Gasteiger partial charge in [-0.1, -0.05) is 83.2 Å². The molecule has 182 valence electrons. The number of aromatic nitrogens is 3. The lowest BCUT2D eigenvalue weighted by Gasteiger charge is -2.17. The molecular weight excluding hydrogens is 526 g/mol. The van der Waals surface area contributed by atoms with Crippen LogP contribution in [-0.4, -0.2) is 14.1 Å². The molecular formula is C28H24ClN3OS3. The van der Waals surface area contributed by atoms with Gasteiger partial charge in [0.25, 0.3) is 5.56 Å². The molecule has 0 atom stereocenters. The van der Waals surface area contributed by atoms with Gasteiger partial charge in [0.05, 0.1) is 11.4 Å². The third kappa shape index (κ3) is 4.45. The highest BCUT2D eigenvalue weighted by Crippen LogP contribution is 2.32. The average molecular weight is 550 g/mol. The molecule has 0 aliphatic heterocycles. The molecule has 5 rings (SSSR count). The van der Waals surface area contributed by atoms with Gasteiger partial charge >= 0.3 is 0 Å². The van der Waals surface area contributed by atoms with E-state index in [4.69, 9.17) is 28.8 Å². The summed E-state index contributed by atoms with van der Waals surface area (Å²) in [4.78, 5) is 19.2. The van der Waals surface area contributed by atoms with E-state index < -0.39 is 0 Å². The van der Waals surface area contributed by atoms with Gasteiger partial charge in [-0.05, 0) is 79.9 Å². The lowest BCUT2D eigenvalue weighted by Crippen LogP contribution is -2.23. The summed E-state index contributed by atoms with van der Waals surface area (Å²) in [5.74, 6) is 0.647. The first-order chi connectivity index (χ1) is 17.3. The molecule has 0 bridgehead atoms. The number of nitrogens with zero attached hydrogens (tertiary/aromatic N) is 3. The second-order valence-corrected chi connectivity index (χ2v) is 11.8. The van der Waals surface area contributed by atoms with Crippen LogP contribution >= 0.6 is 46.9 Å². The summed E-state index contributed by atoms with van der Waals surface area (Å²) in [5, 5.41) is 1.33. The molecule has 3 aromatic carbocycles. The molecule has 4 nitrogen and oxygen atoms in total. The quantitative estimate of drug-likeness (QED) is 0.126. The minimum absolute atomic E-state index is 0.0999. The van der Waals surface area contributed by atoms with Crippen LogP contribution in [-0.2, 0) is 5.75 Å². The van der Waals surface area contributed by atoms with Gasteiger partial charge < -0.3 is 0 Å². The van der Waals surface area contributed by atoms with Gasteiger partial charge in [0.2, 0.25) is 0 Å². The minimum atomic E-state index is -0.0999. The Bertz CT molecular complexity index is 1690. The topological polar surface area (TPSA) is 39.8 Å². The summed E-state index contributed by atoms with van der Waals surface area (Å²) in [7, 11) is 0. The molecule has 5 aromatic rings. The van der Waals surface area contributed by atoms with Crippen LogP contribution in [0.4, 0.5) is 0 Å². The van der Waals surface area contributed by atoms with Gasteiger partial charge in [-0.15, -0.1) is 0 Å². The molecule has 0 amide bonds. The van der Waals surface area contributed by atoms with Gasteiger partial charge in [0, 0.05) is 10.8 Å². The first-order valence-corrected chi connectivity index (χ1v) is 14.0. The van der Waals surface area contributed by atoms with E-state index >= 15 is 0 Å². The van der Waals surface area contributed by atoms with Crippen LogP contribution in [0.1, 0.15) is 27.8 Å². The van der Waals surface area contributed by atoms with E-state index in [9.17, 15) is 4.79 Å². The standard InChI is InChI=1S/C28H24ClN3OS3/c1-16-7-5-8-17(2)22(16)31-25-24(36-28(31)34)26(33)32(23-18(3)9-6-10-19(23)4)27(30-25)35-15-20-11-13-21(29)14-12-20/h5-14H,15H2,1-4H3. The largest absolute Gasteiger partial charge is 0.278 e. The van der Waals surface area contributed by atoms with Crippen LogP contribution in [0.3, 0.4) is 0 Å². The number of hydrogen-bond acceptors (Lipinski definition) is 5. The molecule has 0 aliphatic rings. The Morgan fingerprint density at radius 1 is 0.861 bits per heavy atom. The van der Waals surface area contributed by atoms with E-state index in [0.717, 1.165) is 39.2 Å². The van der Waals surface area contributed by atoms with Crippen LogP contribution in [0, 0.1) is 31.6 Å². The Morgan fingerprint density at radius 3 is 1.94 bits per heavy atom. The fourth-order valence-corrected chi connectivity index (χ4v) is 6.82. The summed E-state index contributed by atoms with van der Waals surface area (Å²) < 4.78 is 4.89. The lowest BCUT2D eigenvalue weighted by molar-refractivity contribution is 0.801. The Hall–Kier alpha value is -2.71. The number of fused-ring (bicyclic) bond motifs is 1. The van der Waals surface area contributed by atoms with Crippen molar-refractivity contribution in [3.05, 3.63) is 108 Å². The predicted molar refractivity (Wildman–Crippen MR) is 155 cm³/mol. The number of thiazole rings is 1. The molecule has 0 spiro atoms. The van der Waals surface area contributed by atoms with Crippen molar-refractivity contribution < 1.29 is 0 Å². The summed E-state index contributed by atoms with van der Waals surface area (Å²) in [6.07, 6.45) is 0. The number of halogens is 1. The highest BCUT2D eigenvalue weighted by Gasteiger charge is 2.22. The Morgan fingerprint density at radius 2 is 1.39 bits per heavy atom. The lowest BCUT2D eigenvalue weighted by atomic mass is 10.1. The molecule has 8 heteroatoms. The number of rotatable bonds is 5. The molecule has 0 saturated carbocycles. The maximum Gasteiger partial charge on any atom is 0.278 e. The summed E-state index contributed by atoms with van der Waals surface area (Å²) in [5.41, 5.74) is 7.67. The summed E-state index contributed by atoms with van der Waals surface area (Å²) in [6, 6.07) is 20.0. The molecule has 2 aromatic heterocycles. The first-order valence-electron chi connectivity index (χ1n) is 11.5. The number of para-hydroxylation sites is 2. The van der Waals surface area contributed by atoms with Crippen molar-refractivity contribution in [1.29, 1.82) is 0 Å². The van der Waals surface area contributed by atoms with Crippen molar-refractivity contribution in [2.24, 2.45) is 0 Å². The van der Waals surface area contributed by atoms with Crippen molar-refractivity contribution in [3.63, 3.8) is 0 Å². The second-order valence-electron chi connectivity index (χ2n) is 8.79. The minimum Gasteiger partial charge on any atom is -0.275 e. The van der Waals surface area contributed by atoms with Gasteiger partial charge in [0.15, 0.2) is 14.8 Å². The van der Waals surface area contributed by atoms with Crippen molar-refractivity contribution in [3.8, 4) is 11.4 Å². The fourth-order valence-electron chi connectivity index (χ4n) is 4.47. The average Bonchev–Trinajstić information content (AvgIpc) is 3.16. The van der Waals surface area contributed by atoms with E-state index in [1.165, 1.54) is 23.1 Å². The zero-order chi connectivity index (χ0) is 25.6. The van der Waals surface area contributed by atoms with Gasteiger partial charge in [-0.25, -0.2) is 4.98 Å². The molecule has 0 saturated heterocycles. The Kier molecular flexibility index (Phi) is 6.92. The van der Waals surface area contributed by atoms with Crippen LogP contribution in [0.5, 0.6) is 0 Å². The van der Waals surface area contributed by atoms with E-state index in [1.54, 1.807) is 4.57 Å². The van der Waals surface area contributed by atoms with Crippen LogP contribution in [0.25, 0.3) is 21.7 Å². The van der Waals surface area contributed by atoms with Crippen molar-refractivity contribution in [1.82, 2.24) is 14.1 Å². The summed E-state index contributed by atoms with van der Waals surface area (Å²) in [6.45, 7) is 8.16. The van der Waals surface area contributed by atoms with Crippen LogP contribution < -0.4 is 5.56 Å². The second kappa shape index (κ2) is 9.98. The maximum absolute atomic E-state index is 14.1. The SMILES string of the molecule is Cc1cccc(C)c1-n1c(SCc2ccc(Cl)cc2)nc2c(sc(=S)n2-c2c(C)cccc2C)c1=O. The Balaban J connectivity index is 1.79. The first kappa shape index (κ1) is 25.0. The monoisotopic (exact) mass is 549 g/mol. The molecule has 0 radical (unpaired) electrons. The molecule has 36 heavy (non-hydrogen) atoms. The molecule has 0 fully saturated rings. The van der Waals surface area contributed by atoms with Crippen molar-refractivity contribution >= 4 is 57.3 Å². The van der Waals surface area contributed by atoms with Gasteiger partial charge in [-0.3, -0.25) is 13.9 Å². The van der Waals surface area contributed by atoms with E-state index in [-0.39, 0.29) is 5.56 Å². The Labute approximate surface area is 228 Å². The number of thioether (sulfide) groups is 1. The normalized spacial score (nSPS) is 11.4. The highest BCUT2D eigenvalue weighted by atomic mass is 35.5. The molecule has 0 N–H and O–H groups in total. The number of benzene rings is 3. The zero-order valence-electron chi connectivity index (χ0n) is 20.3. The number of hydrogen-bond donors (Lipinski definition) is 0. The van der Waals surface area contributed by atoms with E-state index in [2.05, 4.69) is 26.0 Å². The predicted octanol–water partition coefficient (Wildman–Crippen LogP) is 8.15. The van der Waals surface area contributed by atoms with Crippen molar-refractivity contribution in [2.45, 2.75) is 38.6 Å².